The van der Waals surface area contributed by atoms with Gasteiger partial charge in [0.25, 0.3) is 5.91 Å². The summed E-state index contributed by atoms with van der Waals surface area (Å²) in [5, 5.41) is 9.16. The Labute approximate surface area is 217 Å². The first-order chi connectivity index (χ1) is 17.5. The van der Waals surface area contributed by atoms with Crippen molar-refractivity contribution in [3.05, 3.63) is 88.2 Å². The van der Waals surface area contributed by atoms with E-state index in [1.54, 1.807) is 4.68 Å². The minimum absolute atomic E-state index is 0.0914. The summed E-state index contributed by atoms with van der Waals surface area (Å²) in [6.45, 7) is 7.43. The van der Waals surface area contributed by atoms with Gasteiger partial charge in [0, 0.05) is 18.8 Å². The van der Waals surface area contributed by atoms with E-state index in [1.807, 2.05) is 44.2 Å². The predicted octanol–water partition coefficient (Wildman–Crippen LogP) is 5.38. The zero-order chi connectivity index (χ0) is 25.1. The Balaban J connectivity index is 1.22. The Kier molecular flexibility index (Phi) is 7.35. The Morgan fingerprint density at radius 2 is 1.78 bits per heavy atom. The number of benzene rings is 2. The highest BCUT2D eigenvalue weighted by atomic mass is 35.5. The van der Waals surface area contributed by atoms with Crippen molar-refractivity contribution in [3.8, 4) is 5.69 Å². The third kappa shape index (κ3) is 5.30. The van der Waals surface area contributed by atoms with Gasteiger partial charge in [0.2, 0.25) is 0 Å². The van der Waals surface area contributed by atoms with Gasteiger partial charge in [-0.25, -0.2) is 9.67 Å². The highest BCUT2D eigenvalue weighted by Gasteiger charge is 2.22. The number of piperidine rings is 1. The molecule has 2 aromatic heterocycles. The van der Waals surface area contributed by atoms with E-state index in [4.69, 9.17) is 16.6 Å². The van der Waals surface area contributed by atoms with Crippen molar-refractivity contribution in [2.75, 3.05) is 26.2 Å². The van der Waals surface area contributed by atoms with Crippen LogP contribution in [0.5, 0.6) is 0 Å². The maximum atomic E-state index is 13.3. The first-order valence-electron chi connectivity index (χ1n) is 12.7. The molecule has 0 spiro atoms. The molecule has 1 saturated heterocycles. The summed E-state index contributed by atoms with van der Waals surface area (Å²) in [6.07, 6.45) is 3.56. The summed E-state index contributed by atoms with van der Waals surface area (Å²) in [5.41, 5.74) is 4.94. The SMILES string of the molecule is Cc1cc(C(=O)NCCN2CCC(Cc3ccccc3)CC2)c2c(C)nn(-c3ccccc3Cl)c2n1. The molecule has 1 amide bonds. The lowest BCUT2D eigenvalue weighted by Gasteiger charge is -2.32. The molecule has 0 radical (unpaired) electrons. The van der Waals surface area contributed by atoms with Gasteiger partial charge in [0.1, 0.15) is 0 Å². The van der Waals surface area contributed by atoms with Gasteiger partial charge >= 0.3 is 0 Å². The monoisotopic (exact) mass is 501 g/mol. The molecule has 0 bridgehead atoms. The lowest BCUT2D eigenvalue weighted by molar-refractivity contribution is 0.0945. The Bertz CT molecular complexity index is 1360. The molecular formula is C29H32ClN5O. The lowest BCUT2D eigenvalue weighted by Crippen LogP contribution is -2.40. The summed E-state index contributed by atoms with van der Waals surface area (Å²) >= 11 is 6.43. The number of hydrogen-bond donors (Lipinski definition) is 1. The number of para-hydroxylation sites is 1. The minimum Gasteiger partial charge on any atom is -0.351 e. The minimum atomic E-state index is -0.0914. The van der Waals surface area contributed by atoms with E-state index in [2.05, 4.69) is 45.6 Å². The number of rotatable bonds is 7. The third-order valence-electron chi connectivity index (χ3n) is 7.05. The van der Waals surface area contributed by atoms with E-state index in [9.17, 15) is 4.79 Å². The molecule has 1 N–H and O–H groups in total. The molecule has 0 unspecified atom stereocenters. The van der Waals surface area contributed by atoms with Crippen LogP contribution in [0.4, 0.5) is 0 Å². The summed E-state index contributed by atoms with van der Waals surface area (Å²) in [4.78, 5) is 20.4. The van der Waals surface area contributed by atoms with Crippen molar-refractivity contribution < 1.29 is 4.79 Å². The van der Waals surface area contributed by atoms with Crippen LogP contribution in [0, 0.1) is 19.8 Å². The fourth-order valence-electron chi connectivity index (χ4n) is 5.17. The number of nitrogens with one attached hydrogen (secondary N) is 1. The van der Waals surface area contributed by atoms with Crippen LogP contribution in [-0.4, -0.2) is 51.8 Å². The molecule has 36 heavy (non-hydrogen) atoms. The van der Waals surface area contributed by atoms with Gasteiger partial charge in [-0.15, -0.1) is 0 Å². The molecule has 186 valence electrons. The molecule has 4 aromatic rings. The van der Waals surface area contributed by atoms with Crippen LogP contribution in [0.15, 0.2) is 60.7 Å². The zero-order valence-corrected chi connectivity index (χ0v) is 21.6. The van der Waals surface area contributed by atoms with Crippen LogP contribution >= 0.6 is 11.6 Å². The van der Waals surface area contributed by atoms with E-state index in [1.165, 1.54) is 18.4 Å². The van der Waals surface area contributed by atoms with Gasteiger partial charge < -0.3 is 10.2 Å². The smallest absolute Gasteiger partial charge is 0.252 e. The van der Waals surface area contributed by atoms with Crippen molar-refractivity contribution in [3.63, 3.8) is 0 Å². The van der Waals surface area contributed by atoms with Crippen LogP contribution in [0.25, 0.3) is 16.7 Å². The van der Waals surface area contributed by atoms with Crippen LogP contribution < -0.4 is 5.32 Å². The second-order valence-electron chi connectivity index (χ2n) is 9.69. The van der Waals surface area contributed by atoms with Crippen LogP contribution in [0.2, 0.25) is 5.02 Å². The third-order valence-corrected chi connectivity index (χ3v) is 7.37. The molecule has 0 saturated carbocycles. The molecule has 7 heteroatoms. The number of fused-ring (bicyclic) bond motifs is 1. The fraction of sp³-hybridized carbons (Fsp3) is 0.345. The number of hydrogen-bond acceptors (Lipinski definition) is 4. The zero-order valence-electron chi connectivity index (χ0n) is 20.9. The summed E-state index contributed by atoms with van der Waals surface area (Å²) < 4.78 is 1.73. The summed E-state index contributed by atoms with van der Waals surface area (Å²) in [7, 11) is 0. The van der Waals surface area contributed by atoms with Crippen molar-refractivity contribution >= 4 is 28.5 Å². The second kappa shape index (κ2) is 10.8. The van der Waals surface area contributed by atoms with E-state index < -0.39 is 0 Å². The number of aryl methyl sites for hydroxylation is 2. The number of carbonyl (C=O) groups is 1. The van der Waals surface area contributed by atoms with Gasteiger partial charge in [0.15, 0.2) is 5.65 Å². The van der Waals surface area contributed by atoms with Crippen LogP contribution in [0.3, 0.4) is 0 Å². The number of amides is 1. The van der Waals surface area contributed by atoms with E-state index in [-0.39, 0.29) is 5.91 Å². The van der Waals surface area contributed by atoms with E-state index in [0.29, 0.717) is 22.8 Å². The molecule has 1 aliphatic heterocycles. The number of nitrogens with zero attached hydrogens (tertiary/aromatic N) is 4. The molecule has 2 aromatic carbocycles. The Morgan fingerprint density at radius 3 is 2.53 bits per heavy atom. The maximum Gasteiger partial charge on any atom is 0.252 e. The van der Waals surface area contributed by atoms with Crippen molar-refractivity contribution in [2.24, 2.45) is 5.92 Å². The van der Waals surface area contributed by atoms with Gasteiger partial charge in [0.05, 0.1) is 27.4 Å². The lowest BCUT2D eigenvalue weighted by atomic mass is 9.90. The summed E-state index contributed by atoms with van der Waals surface area (Å²) in [5.74, 6) is 0.648. The maximum absolute atomic E-state index is 13.3. The molecule has 6 nitrogen and oxygen atoms in total. The number of carbonyl (C=O) groups excluding carboxylic acids is 1. The van der Waals surface area contributed by atoms with E-state index in [0.717, 1.165) is 54.4 Å². The van der Waals surface area contributed by atoms with Gasteiger partial charge in [-0.3, -0.25) is 4.79 Å². The summed E-state index contributed by atoms with van der Waals surface area (Å²) in [6, 6.07) is 20.1. The average molecular weight is 502 g/mol. The predicted molar refractivity (Wildman–Crippen MR) is 145 cm³/mol. The fourth-order valence-corrected chi connectivity index (χ4v) is 5.38. The van der Waals surface area contributed by atoms with Crippen LogP contribution in [-0.2, 0) is 6.42 Å². The largest absolute Gasteiger partial charge is 0.351 e. The molecular weight excluding hydrogens is 470 g/mol. The molecule has 1 aliphatic rings. The highest BCUT2D eigenvalue weighted by molar-refractivity contribution is 6.32. The highest BCUT2D eigenvalue weighted by Crippen LogP contribution is 2.28. The second-order valence-corrected chi connectivity index (χ2v) is 10.1. The molecule has 0 aliphatic carbocycles. The molecule has 1 fully saturated rings. The first kappa shape index (κ1) is 24.5. The van der Waals surface area contributed by atoms with Gasteiger partial charge in [-0.1, -0.05) is 54.1 Å². The number of pyridine rings is 1. The van der Waals surface area contributed by atoms with Crippen molar-refractivity contribution in [1.82, 2.24) is 25.0 Å². The number of likely N-dealkylation sites (tertiary alicyclic amines) is 1. The van der Waals surface area contributed by atoms with Gasteiger partial charge in [-0.2, -0.15) is 5.10 Å². The van der Waals surface area contributed by atoms with Crippen molar-refractivity contribution in [1.29, 1.82) is 0 Å². The quantitative estimate of drug-likeness (QED) is 0.369. The average Bonchev–Trinajstić information content (AvgIpc) is 3.21. The molecule has 0 atom stereocenters. The molecule has 5 rings (SSSR count). The molecule has 3 heterocycles. The standard InChI is InChI=1S/C29H32ClN5O/c1-20-18-24(27-21(2)33-35(28(27)32-20)26-11-7-6-10-25(26)30)29(36)31-14-17-34-15-12-23(13-16-34)19-22-8-4-3-5-9-22/h3-11,18,23H,12-17,19H2,1-2H3,(H,31,36). The van der Waals surface area contributed by atoms with E-state index >= 15 is 0 Å². The first-order valence-corrected chi connectivity index (χ1v) is 13.0. The Hall–Kier alpha value is -3.22. The Morgan fingerprint density at radius 1 is 1.06 bits per heavy atom. The van der Waals surface area contributed by atoms with Crippen molar-refractivity contribution in [2.45, 2.75) is 33.1 Å². The topological polar surface area (TPSA) is 63.1 Å². The number of halogens is 1. The normalized spacial score (nSPS) is 14.9. The van der Waals surface area contributed by atoms with Crippen LogP contribution in [0.1, 0.15) is 40.2 Å². The van der Waals surface area contributed by atoms with Gasteiger partial charge in [-0.05, 0) is 75.9 Å². The number of aromatic nitrogens is 3.